The summed E-state index contributed by atoms with van der Waals surface area (Å²) in [4.78, 5) is 20.5. The number of hydrogen-bond donors (Lipinski definition) is 1. The average Bonchev–Trinajstić information content (AvgIpc) is 3.03. The Morgan fingerprint density at radius 2 is 1.96 bits per heavy atom. The molecule has 114 valence electrons. The van der Waals surface area contributed by atoms with Gasteiger partial charge in [0.05, 0.1) is 5.69 Å². The highest BCUT2D eigenvalue weighted by Gasteiger charge is 2.07. The van der Waals surface area contributed by atoms with Crippen LogP contribution in [-0.4, -0.2) is 15.9 Å². The molecule has 0 bridgehead atoms. The van der Waals surface area contributed by atoms with Gasteiger partial charge in [-0.15, -0.1) is 11.3 Å². The lowest BCUT2D eigenvalue weighted by Gasteiger charge is -1.98. The summed E-state index contributed by atoms with van der Waals surface area (Å²) in [6, 6.07) is 12.9. The van der Waals surface area contributed by atoms with Crippen LogP contribution in [0.25, 0.3) is 17.5 Å². The molecule has 1 aromatic carbocycles. The van der Waals surface area contributed by atoms with Crippen LogP contribution in [0.5, 0.6) is 0 Å². The second-order valence-electron chi connectivity index (χ2n) is 4.60. The highest BCUT2D eigenvalue weighted by Crippen LogP contribution is 2.23. The molecule has 4 nitrogen and oxygen atoms in total. The summed E-state index contributed by atoms with van der Waals surface area (Å²) in [5.41, 5.74) is 2.30. The fourth-order valence-corrected chi connectivity index (χ4v) is 2.79. The van der Waals surface area contributed by atoms with Crippen molar-refractivity contribution in [1.82, 2.24) is 9.97 Å². The van der Waals surface area contributed by atoms with E-state index in [0.29, 0.717) is 10.2 Å². The highest BCUT2D eigenvalue weighted by molar-refractivity contribution is 7.14. The lowest BCUT2D eigenvalue weighted by atomic mass is 10.2. The number of anilines is 1. The van der Waals surface area contributed by atoms with Gasteiger partial charge in [-0.1, -0.05) is 35.9 Å². The summed E-state index contributed by atoms with van der Waals surface area (Å²) >= 11 is 7.39. The summed E-state index contributed by atoms with van der Waals surface area (Å²) < 4.78 is 0. The molecule has 1 N–H and O–H groups in total. The molecule has 0 aliphatic heterocycles. The molecule has 0 atom stereocenters. The van der Waals surface area contributed by atoms with Crippen molar-refractivity contribution in [3.8, 4) is 11.4 Å². The Labute approximate surface area is 142 Å². The number of thiazole rings is 1. The molecule has 0 saturated carbocycles. The number of pyridine rings is 1. The zero-order valence-corrected chi connectivity index (χ0v) is 13.5. The Hall–Kier alpha value is -2.50. The number of carbonyl (C=O) groups excluding carboxylic acids is 1. The number of nitrogens with zero attached hydrogens (tertiary/aromatic N) is 2. The Morgan fingerprint density at radius 3 is 2.74 bits per heavy atom. The first-order valence-corrected chi connectivity index (χ1v) is 8.08. The van der Waals surface area contributed by atoms with Crippen LogP contribution in [-0.2, 0) is 4.79 Å². The van der Waals surface area contributed by atoms with Crippen LogP contribution in [0.4, 0.5) is 5.13 Å². The van der Waals surface area contributed by atoms with Crippen molar-refractivity contribution in [2.24, 2.45) is 0 Å². The maximum Gasteiger partial charge on any atom is 0.250 e. The van der Waals surface area contributed by atoms with Crippen molar-refractivity contribution in [2.45, 2.75) is 0 Å². The van der Waals surface area contributed by atoms with Gasteiger partial charge >= 0.3 is 0 Å². The number of halogens is 1. The first kappa shape index (κ1) is 15.4. The zero-order valence-electron chi connectivity index (χ0n) is 11.9. The standard InChI is InChI=1S/C17H12ClN3OS/c18-13-6-2-1-5-12(13)8-9-16(22)21-17-20-15(11-23-17)14-7-3-4-10-19-14/h1-11H,(H,20,21,22)/b9-8+. The molecule has 0 saturated heterocycles. The minimum absolute atomic E-state index is 0.258. The van der Waals surface area contributed by atoms with E-state index in [-0.39, 0.29) is 5.91 Å². The van der Waals surface area contributed by atoms with Crippen molar-refractivity contribution in [1.29, 1.82) is 0 Å². The van der Waals surface area contributed by atoms with Crippen molar-refractivity contribution < 1.29 is 4.79 Å². The number of aromatic nitrogens is 2. The van der Waals surface area contributed by atoms with E-state index < -0.39 is 0 Å². The molecule has 0 aliphatic rings. The average molecular weight is 342 g/mol. The molecule has 3 aromatic rings. The fraction of sp³-hybridized carbons (Fsp3) is 0. The van der Waals surface area contributed by atoms with E-state index in [1.54, 1.807) is 18.3 Å². The van der Waals surface area contributed by atoms with Crippen molar-refractivity contribution in [3.05, 3.63) is 70.7 Å². The van der Waals surface area contributed by atoms with E-state index >= 15 is 0 Å². The van der Waals surface area contributed by atoms with Gasteiger partial charge in [-0.2, -0.15) is 0 Å². The quantitative estimate of drug-likeness (QED) is 0.710. The SMILES string of the molecule is O=C(/C=C/c1ccccc1Cl)Nc1nc(-c2ccccn2)cs1. The van der Waals surface area contributed by atoms with E-state index in [0.717, 1.165) is 17.0 Å². The second kappa shape index (κ2) is 7.17. The van der Waals surface area contributed by atoms with Gasteiger partial charge in [0, 0.05) is 22.7 Å². The topological polar surface area (TPSA) is 54.9 Å². The van der Waals surface area contributed by atoms with Crippen LogP contribution >= 0.6 is 22.9 Å². The van der Waals surface area contributed by atoms with Crippen molar-refractivity contribution >= 4 is 40.1 Å². The van der Waals surface area contributed by atoms with E-state index in [1.165, 1.54) is 17.4 Å². The summed E-state index contributed by atoms with van der Waals surface area (Å²) in [6.45, 7) is 0. The van der Waals surface area contributed by atoms with Gasteiger partial charge < -0.3 is 0 Å². The number of nitrogens with one attached hydrogen (secondary N) is 1. The molecule has 1 amide bonds. The van der Waals surface area contributed by atoms with Gasteiger partial charge in [0.2, 0.25) is 5.91 Å². The van der Waals surface area contributed by atoms with Crippen LogP contribution < -0.4 is 5.32 Å². The maximum atomic E-state index is 12.0. The molecule has 0 fully saturated rings. The number of hydrogen-bond acceptors (Lipinski definition) is 4. The van der Waals surface area contributed by atoms with E-state index in [1.807, 2.05) is 41.8 Å². The third-order valence-electron chi connectivity index (χ3n) is 2.98. The molecule has 0 spiro atoms. The van der Waals surface area contributed by atoms with Crippen LogP contribution in [0.2, 0.25) is 5.02 Å². The summed E-state index contributed by atoms with van der Waals surface area (Å²) in [6.07, 6.45) is 4.81. The Balaban J connectivity index is 1.67. The highest BCUT2D eigenvalue weighted by atomic mass is 35.5. The van der Waals surface area contributed by atoms with Gasteiger partial charge in [0.25, 0.3) is 0 Å². The van der Waals surface area contributed by atoms with Gasteiger partial charge in [0.15, 0.2) is 5.13 Å². The van der Waals surface area contributed by atoms with Crippen molar-refractivity contribution in [2.75, 3.05) is 5.32 Å². The number of amides is 1. The van der Waals surface area contributed by atoms with E-state index in [4.69, 9.17) is 11.6 Å². The normalized spacial score (nSPS) is 10.8. The molecule has 0 radical (unpaired) electrons. The molecular formula is C17H12ClN3OS. The molecule has 2 aromatic heterocycles. The van der Waals surface area contributed by atoms with E-state index in [9.17, 15) is 4.79 Å². The van der Waals surface area contributed by atoms with Crippen LogP contribution in [0.1, 0.15) is 5.56 Å². The third-order valence-corrected chi connectivity index (χ3v) is 4.08. The largest absolute Gasteiger partial charge is 0.298 e. The predicted octanol–water partition coefficient (Wildman–Crippen LogP) is 4.51. The fourth-order valence-electron chi connectivity index (χ4n) is 1.89. The van der Waals surface area contributed by atoms with Gasteiger partial charge in [0.1, 0.15) is 5.69 Å². The first-order valence-electron chi connectivity index (χ1n) is 6.83. The maximum absolute atomic E-state index is 12.0. The predicted molar refractivity (Wildman–Crippen MR) is 94.5 cm³/mol. The molecular weight excluding hydrogens is 330 g/mol. The van der Waals surface area contributed by atoms with Crippen LogP contribution in [0, 0.1) is 0 Å². The first-order chi connectivity index (χ1) is 11.2. The lowest BCUT2D eigenvalue weighted by molar-refractivity contribution is -0.111. The number of carbonyl (C=O) groups is 1. The molecule has 0 aliphatic carbocycles. The third kappa shape index (κ3) is 4.03. The minimum atomic E-state index is -0.258. The summed E-state index contributed by atoms with van der Waals surface area (Å²) in [5.74, 6) is -0.258. The summed E-state index contributed by atoms with van der Waals surface area (Å²) in [5, 5.41) is 5.72. The smallest absolute Gasteiger partial charge is 0.250 e. The molecule has 2 heterocycles. The van der Waals surface area contributed by atoms with E-state index in [2.05, 4.69) is 15.3 Å². The summed E-state index contributed by atoms with van der Waals surface area (Å²) in [7, 11) is 0. The van der Waals surface area contributed by atoms with Crippen molar-refractivity contribution in [3.63, 3.8) is 0 Å². The van der Waals surface area contributed by atoms with Crippen LogP contribution in [0.3, 0.4) is 0 Å². The second-order valence-corrected chi connectivity index (χ2v) is 5.86. The molecule has 0 unspecified atom stereocenters. The minimum Gasteiger partial charge on any atom is -0.298 e. The monoisotopic (exact) mass is 341 g/mol. The number of benzene rings is 1. The van der Waals surface area contributed by atoms with Gasteiger partial charge in [-0.05, 0) is 29.8 Å². The molecule has 6 heteroatoms. The Morgan fingerprint density at radius 1 is 1.13 bits per heavy atom. The van der Waals surface area contributed by atoms with Gasteiger partial charge in [-0.3, -0.25) is 15.1 Å². The Bertz CT molecular complexity index is 846. The number of rotatable bonds is 4. The zero-order chi connectivity index (χ0) is 16.1. The Kier molecular flexibility index (Phi) is 4.80. The lowest BCUT2D eigenvalue weighted by Crippen LogP contribution is -2.07. The van der Waals surface area contributed by atoms with Crippen LogP contribution in [0.15, 0.2) is 60.1 Å². The molecule has 3 rings (SSSR count). The molecule has 23 heavy (non-hydrogen) atoms. The van der Waals surface area contributed by atoms with Gasteiger partial charge in [-0.25, -0.2) is 4.98 Å².